The van der Waals surface area contributed by atoms with Gasteiger partial charge in [-0.2, -0.15) is 4.68 Å². The molecule has 1 saturated heterocycles. The highest BCUT2D eigenvalue weighted by molar-refractivity contribution is 5.88. The molecule has 0 spiro atoms. The van der Waals surface area contributed by atoms with Gasteiger partial charge in [-0.3, -0.25) is 10.2 Å². The van der Waals surface area contributed by atoms with Gasteiger partial charge in [0.15, 0.2) is 5.82 Å². The third-order valence-corrected chi connectivity index (χ3v) is 3.83. The van der Waals surface area contributed by atoms with Crippen molar-refractivity contribution >= 4 is 11.8 Å². The van der Waals surface area contributed by atoms with E-state index >= 15 is 0 Å². The number of amides is 2. The number of nitrogens with zero attached hydrogens (tertiary/aromatic N) is 4. The molecular formula is C16H22N6O2. The Labute approximate surface area is 140 Å². The molecule has 3 rings (SSSR count). The highest BCUT2D eigenvalue weighted by Crippen LogP contribution is 2.12. The van der Waals surface area contributed by atoms with E-state index in [-0.39, 0.29) is 12.1 Å². The van der Waals surface area contributed by atoms with Gasteiger partial charge in [0.1, 0.15) is 0 Å². The first kappa shape index (κ1) is 16.4. The number of anilines is 1. The first-order valence-electron chi connectivity index (χ1n) is 8.07. The molecule has 2 aromatic rings. The number of hydrogen-bond donors (Lipinski definition) is 2. The van der Waals surface area contributed by atoms with E-state index in [1.54, 1.807) is 4.68 Å². The lowest BCUT2D eigenvalue weighted by Crippen LogP contribution is -2.45. The Kier molecular flexibility index (Phi) is 5.39. The van der Waals surface area contributed by atoms with E-state index in [0.717, 1.165) is 31.9 Å². The zero-order valence-corrected chi connectivity index (χ0v) is 13.7. The molecule has 128 valence electrons. The molecule has 2 amide bonds. The van der Waals surface area contributed by atoms with E-state index in [0.29, 0.717) is 12.4 Å². The molecule has 8 heteroatoms. The molecule has 8 nitrogen and oxygen atoms in total. The molecule has 0 radical (unpaired) electrons. The summed E-state index contributed by atoms with van der Waals surface area (Å²) in [5, 5.41) is 13.5. The Hall–Kier alpha value is -2.45. The number of rotatable bonds is 5. The maximum atomic E-state index is 12.1. The van der Waals surface area contributed by atoms with Gasteiger partial charge >= 0.3 is 6.03 Å². The molecule has 0 saturated carbocycles. The fourth-order valence-electron chi connectivity index (χ4n) is 2.66. The minimum Gasteiger partial charge on any atom is -0.376 e. The number of nitrogens with one attached hydrogen (secondary N) is 2. The van der Waals surface area contributed by atoms with Gasteiger partial charge < -0.3 is 10.1 Å². The summed E-state index contributed by atoms with van der Waals surface area (Å²) in [6.07, 6.45) is 1.77. The number of carbonyl (C=O) groups is 1. The van der Waals surface area contributed by atoms with Gasteiger partial charge in [0, 0.05) is 26.2 Å². The van der Waals surface area contributed by atoms with Crippen LogP contribution in [-0.2, 0) is 4.74 Å². The van der Waals surface area contributed by atoms with E-state index in [4.69, 9.17) is 4.74 Å². The van der Waals surface area contributed by atoms with Crippen LogP contribution in [0.15, 0.2) is 36.5 Å². The van der Waals surface area contributed by atoms with Crippen LogP contribution in [0.1, 0.15) is 6.92 Å². The van der Waals surface area contributed by atoms with Crippen molar-refractivity contribution in [3.8, 4) is 5.69 Å². The first-order valence-corrected chi connectivity index (χ1v) is 8.07. The van der Waals surface area contributed by atoms with Crippen LogP contribution < -0.4 is 10.6 Å². The molecular weight excluding hydrogens is 308 g/mol. The largest absolute Gasteiger partial charge is 0.376 e. The van der Waals surface area contributed by atoms with Crippen molar-refractivity contribution in [3.63, 3.8) is 0 Å². The maximum absolute atomic E-state index is 12.1. The molecule has 1 aromatic carbocycles. The zero-order chi connectivity index (χ0) is 16.8. The number of para-hydroxylation sites is 1. The lowest BCUT2D eigenvalue weighted by Gasteiger charge is -2.30. The van der Waals surface area contributed by atoms with Crippen LogP contribution in [-0.4, -0.2) is 64.8 Å². The minimum atomic E-state index is -0.268. The second-order valence-corrected chi connectivity index (χ2v) is 5.73. The van der Waals surface area contributed by atoms with Crippen LogP contribution in [0.4, 0.5) is 10.6 Å². The third-order valence-electron chi connectivity index (χ3n) is 3.83. The predicted octanol–water partition coefficient (Wildman–Crippen LogP) is 1.11. The molecule has 24 heavy (non-hydrogen) atoms. The molecule has 1 fully saturated rings. The summed E-state index contributed by atoms with van der Waals surface area (Å²) in [6.45, 7) is 5.98. The molecule has 1 aliphatic heterocycles. The second-order valence-electron chi connectivity index (χ2n) is 5.73. The summed E-state index contributed by atoms with van der Waals surface area (Å²) in [6, 6.07) is 9.27. The molecule has 0 aliphatic carbocycles. The fraction of sp³-hybridized carbons (Fsp3) is 0.438. The summed E-state index contributed by atoms with van der Waals surface area (Å²) in [7, 11) is 0. The number of ether oxygens (including phenoxy) is 1. The summed E-state index contributed by atoms with van der Waals surface area (Å²) in [5.74, 6) is 0.527. The molecule has 1 unspecified atom stereocenters. The number of urea groups is 1. The van der Waals surface area contributed by atoms with Gasteiger partial charge in [-0.25, -0.2) is 4.79 Å². The van der Waals surface area contributed by atoms with Crippen LogP contribution >= 0.6 is 0 Å². The zero-order valence-electron chi connectivity index (χ0n) is 13.7. The lowest BCUT2D eigenvalue weighted by atomic mass is 10.3. The van der Waals surface area contributed by atoms with E-state index < -0.39 is 0 Å². The number of hydrogen-bond acceptors (Lipinski definition) is 5. The van der Waals surface area contributed by atoms with Gasteiger partial charge in [0.25, 0.3) is 0 Å². The summed E-state index contributed by atoms with van der Waals surface area (Å²) < 4.78 is 7.09. The molecule has 1 aromatic heterocycles. The first-order chi connectivity index (χ1) is 11.7. The average Bonchev–Trinajstić information content (AvgIpc) is 3.04. The van der Waals surface area contributed by atoms with Crippen molar-refractivity contribution in [2.45, 2.75) is 13.0 Å². The molecule has 2 N–H and O–H groups in total. The number of aromatic nitrogens is 3. The monoisotopic (exact) mass is 330 g/mol. The highest BCUT2D eigenvalue weighted by Gasteiger charge is 2.16. The third kappa shape index (κ3) is 4.30. The second kappa shape index (κ2) is 7.89. The quantitative estimate of drug-likeness (QED) is 0.858. The van der Waals surface area contributed by atoms with E-state index in [9.17, 15) is 4.79 Å². The Balaban J connectivity index is 1.48. The highest BCUT2D eigenvalue weighted by atomic mass is 16.5. The fourth-order valence-corrected chi connectivity index (χ4v) is 2.66. The van der Waals surface area contributed by atoms with E-state index in [1.165, 1.54) is 6.20 Å². The van der Waals surface area contributed by atoms with Crippen molar-refractivity contribution in [2.75, 3.05) is 38.1 Å². The van der Waals surface area contributed by atoms with E-state index in [2.05, 4.69) is 32.8 Å². The van der Waals surface area contributed by atoms with Crippen molar-refractivity contribution in [1.82, 2.24) is 25.2 Å². The maximum Gasteiger partial charge on any atom is 0.320 e. The van der Waals surface area contributed by atoms with Gasteiger partial charge in [-0.15, -0.1) is 5.10 Å². The van der Waals surface area contributed by atoms with E-state index in [1.807, 2.05) is 30.3 Å². The number of morpholine rings is 1. The molecule has 1 aliphatic rings. The van der Waals surface area contributed by atoms with Crippen LogP contribution in [0.25, 0.3) is 5.69 Å². The van der Waals surface area contributed by atoms with Gasteiger partial charge in [-0.05, 0) is 19.1 Å². The topological polar surface area (TPSA) is 84.3 Å². The normalized spacial score (nSPS) is 18.3. The number of benzene rings is 1. The lowest BCUT2D eigenvalue weighted by molar-refractivity contribution is -0.0174. The Morgan fingerprint density at radius 3 is 3.00 bits per heavy atom. The van der Waals surface area contributed by atoms with Crippen molar-refractivity contribution < 1.29 is 9.53 Å². The van der Waals surface area contributed by atoms with Gasteiger partial charge in [-0.1, -0.05) is 23.4 Å². The average molecular weight is 330 g/mol. The van der Waals surface area contributed by atoms with Crippen LogP contribution in [0.5, 0.6) is 0 Å². The van der Waals surface area contributed by atoms with Gasteiger partial charge in [0.2, 0.25) is 0 Å². The minimum absolute atomic E-state index is 0.249. The summed E-state index contributed by atoms with van der Waals surface area (Å²) in [4.78, 5) is 14.3. The Bertz CT molecular complexity index is 660. The van der Waals surface area contributed by atoms with Crippen LogP contribution in [0, 0.1) is 0 Å². The standard InChI is InChI=1S/C16H22N6O2/c1-13-12-21(9-10-24-13)8-7-17-16(23)19-15-11-18-20-22(15)14-5-3-2-4-6-14/h2-6,11,13H,7-10,12H2,1H3,(H2,17,19,23). The summed E-state index contributed by atoms with van der Waals surface area (Å²) >= 11 is 0. The molecule has 0 bridgehead atoms. The smallest absolute Gasteiger partial charge is 0.320 e. The Morgan fingerprint density at radius 1 is 1.38 bits per heavy atom. The molecule has 2 heterocycles. The Morgan fingerprint density at radius 2 is 2.21 bits per heavy atom. The predicted molar refractivity (Wildman–Crippen MR) is 90.2 cm³/mol. The summed E-state index contributed by atoms with van der Waals surface area (Å²) in [5.41, 5.74) is 0.840. The van der Waals surface area contributed by atoms with Crippen molar-refractivity contribution in [1.29, 1.82) is 0 Å². The number of carbonyl (C=O) groups excluding carboxylic acids is 1. The van der Waals surface area contributed by atoms with Crippen LogP contribution in [0.2, 0.25) is 0 Å². The van der Waals surface area contributed by atoms with Gasteiger partial charge in [0.05, 0.1) is 24.6 Å². The molecule has 1 atom stereocenters. The van der Waals surface area contributed by atoms with Crippen molar-refractivity contribution in [3.05, 3.63) is 36.5 Å². The van der Waals surface area contributed by atoms with Crippen molar-refractivity contribution in [2.24, 2.45) is 0 Å². The van der Waals surface area contributed by atoms with Crippen LogP contribution in [0.3, 0.4) is 0 Å². The SMILES string of the molecule is CC1CN(CCNC(=O)Nc2cnnn2-c2ccccc2)CCO1.